The Morgan fingerprint density at radius 2 is 1.41 bits per heavy atom. The quantitative estimate of drug-likeness (QED) is 0.586. The summed E-state index contributed by atoms with van der Waals surface area (Å²) >= 11 is 0. The van der Waals surface area contributed by atoms with Gasteiger partial charge in [0.1, 0.15) is 11.5 Å². The first-order valence-corrected chi connectivity index (χ1v) is 7.21. The van der Waals surface area contributed by atoms with Gasteiger partial charge >= 0.3 is 0 Å². The van der Waals surface area contributed by atoms with Crippen LogP contribution in [0, 0.1) is 0 Å². The van der Waals surface area contributed by atoms with Gasteiger partial charge in [-0.1, -0.05) is 19.1 Å². The monoisotopic (exact) mass is 296 g/mol. The Morgan fingerprint density at radius 1 is 0.909 bits per heavy atom. The van der Waals surface area contributed by atoms with Crippen LogP contribution in [0.3, 0.4) is 0 Å². The molecule has 0 heterocycles. The van der Waals surface area contributed by atoms with E-state index in [4.69, 9.17) is 9.47 Å². The molecule has 0 fully saturated rings. The molecule has 3 heteroatoms. The van der Waals surface area contributed by atoms with Crippen molar-refractivity contribution in [1.82, 2.24) is 0 Å². The largest absolute Gasteiger partial charge is 0.497 e. The minimum Gasteiger partial charge on any atom is -0.497 e. The summed E-state index contributed by atoms with van der Waals surface area (Å²) in [6, 6.07) is 14.8. The van der Waals surface area contributed by atoms with Crippen LogP contribution in [0.4, 0.5) is 0 Å². The number of methoxy groups -OCH3 is 2. The first kappa shape index (κ1) is 15.8. The van der Waals surface area contributed by atoms with Crippen molar-refractivity contribution < 1.29 is 14.3 Å². The van der Waals surface area contributed by atoms with Gasteiger partial charge in [-0.3, -0.25) is 4.79 Å². The lowest BCUT2D eigenvalue weighted by Crippen LogP contribution is -2.02. The van der Waals surface area contributed by atoms with Crippen LogP contribution in [0.25, 0.3) is 6.08 Å². The Hall–Kier alpha value is -2.55. The summed E-state index contributed by atoms with van der Waals surface area (Å²) in [4.78, 5) is 12.6. The van der Waals surface area contributed by atoms with Gasteiger partial charge in [0.25, 0.3) is 0 Å². The Bertz CT molecular complexity index is 652. The van der Waals surface area contributed by atoms with Gasteiger partial charge in [0.2, 0.25) is 0 Å². The highest BCUT2D eigenvalue weighted by Crippen LogP contribution is 2.19. The second-order valence-electron chi connectivity index (χ2n) is 4.85. The standard InChI is InChI=1S/C19H20O3/c1-4-15(13-14-5-9-17(21-2)10-6-14)19(20)16-7-11-18(22-3)12-8-16/h5-13H,4H2,1-3H3/b15-13+. The number of Topliss-reactive ketones (excluding diaryl/α,β-unsaturated/α-hetero) is 1. The highest BCUT2D eigenvalue weighted by atomic mass is 16.5. The molecule has 0 radical (unpaired) electrons. The number of hydrogen-bond acceptors (Lipinski definition) is 3. The third kappa shape index (κ3) is 3.76. The van der Waals surface area contributed by atoms with E-state index >= 15 is 0 Å². The highest BCUT2D eigenvalue weighted by Gasteiger charge is 2.11. The number of benzene rings is 2. The Kier molecular flexibility index (Phi) is 5.37. The van der Waals surface area contributed by atoms with Crippen LogP contribution in [-0.4, -0.2) is 20.0 Å². The molecule has 0 bridgehead atoms. The fraction of sp³-hybridized carbons (Fsp3) is 0.211. The van der Waals surface area contributed by atoms with E-state index in [0.717, 1.165) is 22.6 Å². The van der Waals surface area contributed by atoms with Gasteiger partial charge in [-0.15, -0.1) is 0 Å². The van der Waals surface area contributed by atoms with Crippen molar-refractivity contribution in [3.05, 3.63) is 65.2 Å². The van der Waals surface area contributed by atoms with Gasteiger partial charge in [0.05, 0.1) is 14.2 Å². The molecule has 0 spiro atoms. The summed E-state index contributed by atoms with van der Waals surface area (Å²) in [5, 5.41) is 0. The van der Waals surface area contributed by atoms with E-state index in [1.807, 2.05) is 37.3 Å². The summed E-state index contributed by atoms with van der Waals surface area (Å²) in [5.41, 5.74) is 2.43. The molecule has 0 saturated heterocycles. The highest BCUT2D eigenvalue weighted by molar-refractivity contribution is 6.11. The summed E-state index contributed by atoms with van der Waals surface area (Å²) in [6.07, 6.45) is 2.60. The summed E-state index contributed by atoms with van der Waals surface area (Å²) < 4.78 is 10.3. The molecule has 0 aromatic heterocycles. The second kappa shape index (κ2) is 7.46. The molecule has 2 aromatic carbocycles. The van der Waals surface area contributed by atoms with Crippen LogP contribution in [-0.2, 0) is 0 Å². The molecule has 0 N–H and O–H groups in total. The zero-order chi connectivity index (χ0) is 15.9. The number of allylic oxidation sites excluding steroid dienone is 1. The van der Waals surface area contributed by atoms with Crippen LogP contribution in [0.2, 0.25) is 0 Å². The smallest absolute Gasteiger partial charge is 0.189 e. The maximum absolute atomic E-state index is 12.6. The van der Waals surface area contributed by atoms with Crippen molar-refractivity contribution in [3.63, 3.8) is 0 Å². The minimum absolute atomic E-state index is 0.0426. The fourth-order valence-corrected chi connectivity index (χ4v) is 2.16. The van der Waals surface area contributed by atoms with Gasteiger partial charge in [-0.2, -0.15) is 0 Å². The van der Waals surface area contributed by atoms with Crippen LogP contribution >= 0.6 is 0 Å². The molecule has 114 valence electrons. The summed E-state index contributed by atoms with van der Waals surface area (Å²) in [7, 11) is 3.24. The van der Waals surface area contributed by atoms with Crippen LogP contribution < -0.4 is 9.47 Å². The lowest BCUT2D eigenvalue weighted by atomic mass is 9.99. The minimum atomic E-state index is 0.0426. The molecule has 0 saturated carbocycles. The molecule has 0 unspecified atom stereocenters. The molecule has 0 amide bonds. The Morgan fingerprint density at radius 3 is 1.86 bits per heavy atom. The Balaban J connectivity index is 2.24. The van der Waals surface area contributed by atoms with Gasteiger partial charge < -0.3 is 9.47 Å². The molecular weight excluding hydrogens is 276 g/mol. The van der Waals surface area contributed by atoms with Crippen LogP contribution in [0.15, 0.2) is 54.1 Å². The molecule has 22 heavy (non-hydrogen) atoms. The summed E-state index contributed by atoms with van der Waals surface area (Å²) in [6.45, 7) is 1.98. The van der Waals surface area contributed by atoms with E-state index in [1.54, 1.807) is 38.5 Å². The van der Waals surface area contributed by atoms with E-state index < -0.39 is 0 Å². The van der Waals surface area contributed by atoms with Gasteiger partial charge in [-0.25, -0.2) is 0 Å². The molecule has 0 aliphatic heterocycles. The molecular formula is C19H20O3. The number of carbonyl (C=O) groups excluding carboxylic acids is 1. The fourth-order valence-electron chi connectivity index (χ4n) is 2.16. The van der Waals surface area contributed by atoms with Crippen LogP contribution in [0.5, 0.6) is 11.5 Å². The average molecular weight is 296 g/mol. The SMILES string of the molecule is CC/C(=C\c1ccc(OC)cc1)C(=O)c1ccc(OC)cc1. The van der Waals surface area contributed by atoms with E-state index in [9.17, 15) is 4.79 Å². The number of carbonyl (C=O) groups is 1. The molecule has 2 rings (SSSR count). The second-order valence-corrected chi connectivity index (χ2v) is 4.85. The summed E-state index contributed by atoms with van der Waals surface area (Å²) in [5.74, 6) is 1.59. The first-order chi connectivity index (χ1) is 10.7. The van der Waals surface area contributed by atoms with Gasteiger partial charge in [0, 0.05) is 11.1 Å². The topological polar surface area (TPSA) is 35.5 Å². The van der Waals surface area contributed by atoms with E-state index in [-0.39, 0.29) is 5.78 Å². The van der Waals surface area contributed by atoms with Crippen LogP contribution in [0.1, 0.15) is 29.3 Å². The molecule has 0 aliphatic carbocycles. The van der Waals surface area contributed by atoms with E-state index in [1.165, 1.54) is 0 Å². The van der Waals surface area contributed by atoms with Gasteiger partial charge in [0.15, 0.2) is 5.78 Å². The lowest BCUT2D eigenvalue weighted by Gasteiger charge is -2.06. The molecule has 2 aromatic rings. The predicted octanol–water partition coefficient (Wildman–Crippen LogP) is 4.38. The lowest BCUT2D eigenvalue weighted by molar-refractivity contribution is 0.103. The Labute approximate surface area is 131 Å². The number of rotatable bonds is 6. The zero-order valence-corrected chi connectivity index (χ0v) is 13.1. The molecule has 0 atom stereocenters. The van der Waals surface area contributed by atoms with Crippen molar-refractivity contribution in [2.45, 2.75) is 13.3 Å². The van der Waals surface area contributed by atoms with Crippen molar-refractivity contribution >= 4 is 11.9 Å². The molecule has 0 aliphatic rings. The number of hydrogen-bond donors (Lipinski definition) is 0. The third-order valence-electron chi connectivity index (χ3n) is 3.48. The maximum atomic E-state index is 12.6. The van der Waals surface area contributed by atoms with E-state index in [2.05, 4.69) is 0 Å². The van der Waals surface area contributed by atoms with E-state index in [0.29, 0.717) is 12.0 Å². The first-order valence-electron chi connectivity index (χ1n) is 7.21. The van der Waals surface area contributed by atoms with Gasteiger partial charge in [-0.05, 0) is 54.5 Å². The van der Waals surface area contributed by atoms with Crippen molar-refractivity contribution in [1.29, 1.82) is 0 Å². The normalized spacial score (nSPS) is 11.1. The zero-order valence-electron chi connectivity index (χ0n) is 13.1. The number of ketones is 1. The van der Waals surface area contributed by atoms with Crippen molar-refractivity contribution in [2.24, 2.45) is 0 Å². The number of ether oxygens (including phenoxy) is 2. The average Bonchev–Trinajstić information content (AvgIpc) is 2.59. The predicted molar refractivity (Wildman–Crippen MR) is 88.6 cm³/mol. The third-order valence-corrected chi connectivity index (χ3v) is 3.48. The van der Waals surface area contributed by atoms with Crippen molar-refractivity contribution in [2.75, 3.05) is 14.2 Å². The van der Waals surface area contributed by atoms with Crippen molar-refractivity contribution in [3.8, 4) is 11.5 Å². The maximum Gasteiger partial charge on any atom is 0.189 e. The molecule has 3 nitrogen and oxygen atoms in total.